The average Bonchev–Trinajstić information content (AvgIpc) is 2.14. The Hall–Kier alpha value is -1.24. The van der Waals surface area contributed by atoms with Gasteiger partial charge in [0.1, 0.15) is 5.82 Å². The van der Waals surface area contributed by atoms with Crippen LogP contribution in [0.1, 0.15) is 23.6 Å². The van der Waals surface area contributed by atoms with Crippen LogP contribution in [0.3, 0.4) is 0 Å². The van der Waals surface area contributed by atoms with Crippen LogP contribution < -0.4 is 5.73 Å². The number of benzene rings is 1. The Morgan fingerprint density at radius 1 is 1.18 bits per heavy atom. The van der Waals surface area contributed by atoms with Gasteiger partial charge < -0.3 is 5.73 Å². The zero-order valence-corrected chi connectivity index (χ0v) is 8.44. The van der Waals surface area contributed by atoms with Crippen LogP contribution in [0.25, 0.3) is 0 Å². The van der Waals surface area contributed by atoms with Gasteiger partial charge in [-0.25, -0.2) is 13.2 Å². The second-order valence-corrected chi connectivity index (χ2v) is 3.46. The lowest BCUT2D eigenvalue weighted by molar-refractivity contribution is -0.138. The lowest BCUT2D eigenvalue weighted by Gasteiger charge is -2.18. The maximum atomic E-state index is 12.7. The van der Waals surface area contributed by atoms with E-state index in [1.54, 1.807) is 0 Å². The van der Waals surface area contributed by atoms with Gasteiger partial charge in [-0.3, -0.25) is 0 Å². The molecule has 0 spiro atoms. The third kappa shape index (κ3) is 3.62. The van der Waals surface area contributed by atoms with Crippen molar-refractivity contribution < 1.29 is 26.3 Å². The van der Waals surface area contributed by atoms with Gasteiger partial charge in [-0.05, 0) is 17.7 Å². The first kappa shape index (κ1) is 13.8. The van der Waals surface area contributed by atoms with Crippen LogP contribution in [0, 0.1) is 5.82 Å². The van der Waals surface area contributed by atoms with Crippen molar-refractivity contribution in [3.05, 3.63) is 35.1 Å². The molecule has 0 aliphatic heterocycles. The first-order valence-electron chi connectivity index (χ1n) is 4.62. The van der Waals surface area contributed by atoms with Crippen molar-refractivity contribution in [3.63, 3.8) is 0 Å². The number of nitrogens with two attached hydrogens (primary N) is 1. The number of alkyl halides is 5. The first-order valence-corrected chi connectivity index (χ1v) is 4.62. The smallest absolute Gasteiger partial charge is 0.324 e. The molecule has 0 aliphatic carbocycles. The lowest BCUT2D eigenvalue weighted by atomic mass is 9.98. The average molecular weight is 257 g/mol. The fourth-order valence-electron chi connectivity index (χ4n) is 1.42. The second kappa shape index (κ2) is 4.95. The second-order valence-electron chi connectivity index (χ2n) is 3.46. The molecule has 0 radical (unpaired) electrons. The Morgan fingerprint density at radius 2 is 1.76 bits per heavy atom. The third-order valence-corrected chi connectivity index (χ3v) is 2.15. The molecule has 1 nitrogen and oxygen atoms in total. The normalized spacial score (nSPS) is 14.1. The van der Waals surface area contributed by atoms with E-state index in [1.807, 2.05) is 0 Å². The van der Waals surface area contributed by atoms with Gasteiger partial charge in [-0.1, -0.05) is 6.07 Å². The Kier molecular flexibility index (Phi) is 4.03. The standard InChI is InChI=1S/C10H9F6N/c11-5-1-2-6(8(17)4-9(12)13)7(3-5)10(14,15)16/h1-3,8-9H,4,17H2/t8-/m0/s1. The van der Waals surface area contributed by atoms with Crippen molar-refractivity contribution in [2.24, 2.45) is 5.73 Å². The maximum Gasteiger partial charge on any atom is 0.416 e. The lowest BCUT2D eigenvalue weighted by Crippen LogP contribution is -2.19. The van der Waals surface area contributed by atoms with E-state index in [2.05, 4.69) is 0 Å². The molecular weight excluding hydrogens is 248 g/mol. The van der Waals surface area contributed by atoms with Crippen molar-refractivity contribution in [2.75, 3.05) is 0 Å². The molecule has 0 saturated heterocycles. The van der Waals surface area contributed by atoms with E-state index in [1.165, 1.54) is 0 Å². The zero-order chi connectivity index (χ0) is 13.2. The molecule has 1 aromatic rings. The van der Waals surface area contributed by atoms with Crippen molar-refractivity contribution in [2.45, 2.75) is 25.1 Å². The molecule has 0 unspecified atom stereocenters. The van der Waals surface area contributed by atoms with E-state index in [4.69, 9.17) is 5.73 Å². The molecule has 0 saturated carbocycles. The van der Waals surface area contributed by atoms with Crippen LogP contribution in [-0.4, -0.2) is 6.43 Å². The highest BCUT2D eigenvalue weighted by Crippen LogP contribution is 2.35. The fraction of sp³-hybridized carbons (Fsp3) is 0.400. The monoisotopic (exact) mass is 257 g/mol. The van der Waals surface area contributed by atoms with E-state index in [-0.39, 0.29) is 6.07 Å². The summed E-state index contributed by atoms with van der Waals surface area (Å²) in [5, 5.41) is 0. The Balaban J connectivity index is 3.15. The molecule has 17 heavy (non-hydrogen) atoms. The predicted octanol–water partition coefficient (Wildman–Crippen LogP) is 3.50. The van der Waals surface area contributed by atoms with Gasteiger partial charge in [0, 0.05) is 12.5 Å². The molecule has 0 bridgehead atoms. The van der Waals surface area contributed by atoms with Gasteiger partial charge in [0.25, 0.3) is 0 Å². The summed E-state index contributed by atoms with van der Waals surface area (Å²) in [6.45, 7) is 0. The molecule has 0 aromatic heterocycles. The van der Waals surface area contributed by atoms with Gasteiger partial charge in [0.05, 0.1) is 5.56 Å². The van der Waals surface area contributed by atoms with Crippen LogP contribution >= 0.6 is 0 Å². The Morgan fingerprint density at radius 3 is 2.24 bits per heavy atom. The molecule has 7 heteroatoms. The van der Waals surface area contributed by atoms with Crippen molar-refractivity contribution >= 4 is 0 Å². The number of halogens is 6. The highest BCUT2D eigenvalue weighted by molar-refractivity contribution is 5.32. The summed E-state index contributed by atoms with van der Waals surface area (Å²) < 4.78 is 74.3. The molecule has 0 amide bonds. The molecular formula is C10H9F6N. The van der Waals surface area contributed by atoms with Gasteiger partial charge in [0.15, 0.2) is 0 Å². The van der Waals surface area contributed by atoms with E-state index >= 15 is 0 Å². The van der Waals surface area contributed by atoms with E-state index in [9.17, 15) is 26.3 Å². The molecule has 96 valence electrons. The highest BCUT2D eigenvalue weighted by atomic mass is 19.4. The van der Waals surface area contributed by atoms with Crippen molar-refractivity contribution in [3.8, 4) is 0 Å². The predicted molar refractivity (Wildman–Crippen MR) is 49.0 cm³/mol. The summed E-state index contributed by atoms with van der Waals surface area (Å²) in [6.07, 6.45) is -8.55. The van der Waals surface area contributed by atoms with Crippen molar-refractivity contribution in [1.82, 2.24) is 0 Å². The van der Waals surface area contributed by atoms with Crippen LogP contribution in [-0.2, 0) is 6.18 Å². The third-order valence-electron chi connectivity index (χ3n) is 2.15. The van der Waals surface area contributed by atoms with Crippen LogP contribution in [0.5, 0.6) is 0 Å². The Bertz CT molecular complexity index is 387. The summed E-state index contributed by atoms with van der Waals surface area (Å²) >= 11 is 0. The van der Waals surface area contributed by atoms with Gasteiger partial charge in [0.2, 0.25) is 6.43 Å². The molecule has 0 aliphatic rings. The summed E-state index contributed by atoms with van der Waals surface area (Å²) in [6, 6.07) is 0.314. The van der Waals surface area contributed by atoms with E-state index in [0.717, 1.165) is 12.1 Å². The van der Waals surface area contributed by atoms with Crippen molar-refractivity contribution in [1.29, 1.82) is 0 Å². The van der Waals surface area contributed by atoms with E-state index < -0.39 is 42.0 Å². The molecule has 1 atom stereocenters. The summed E-state index contributed by atoms with van der Waals surface area (Å²) in [4.78, 5) is 0. The largest absolute Gasteiger partial charge is 0.416 e. The minimum Gasteiger partial charge on any atom is -0.324 e. The topological polar surface area (TPSA) is 26.0 Å². The number of hydrogen-bond acceptors (Lipinski definition) is 1. The zero-order valence-electron chi connectivity index (χ0n) is 8.44. The first-order chi connectivity index (χ1) is 7.71. The van der Waals surface area contributed by atoms with Gasteiger partial charge >= 0.3 is 6.18 Å². The quantitative estimate of drug-likeness (QED) is 0.824. The van der Waals surface area contributed by atoms with Crippen LogP contribution in [0.15, 0.2) is 18.2 Å². The van der Waals surface area contributed by atoms with E-state index in [0.29, 0.717) is 0 Å². The van der Waals surface area contributed by atoms with Gasteiger partial charge in [-0.2, -0.15) is 13.2 Å². The molecule has 1 aromatic carbocycles. The number of rotatable bonds is 3. The minimum absolute atomic E-state index is 0.251. The molecule has 2 N–H and O–H groups in total. The number of hydrogen-bond donors (Lipinski definition) is 1. The maximum absolute atomic E-state index is 12.7. The summed E-state index contributed by atoms with van der Waals surface area (Å²) in [7, 11) is 0. The molecule has 0 fully saturated rings. The highest BCUT2D eigenvalue weighted by Gasteiger charge is 2.35. The fourth-order valence-corrected chi connectivity index (χ4v) is 1.42. The Labute approximate surface area is 93.2 Å². The summed E-state index contributed by atoms with van der Waals surface area (Å²) in [5.74, 6) is -1.09. The van der Waals surface area contributed by atoms with Crippen LogP contribution in [0.4, 0.5) is 26.3 Å². The molecule has 0 heterocycles. The minimum atomic E-state index is -4.82. The SMILES string of the molecule is N[C@@H](CC(F)F)c1ccc(F)cc1C(F)(F)F. The summed E-state index contributed by atoms with van der Waals surface area (Å²) in [5.41, 5.74) is 3.40. The molecule has 1 rings (SSSR count). The van der Waals surface area contributed by atoms with Crippen LogP contribution in [0.2, 0.25) is 0 Å². The van der Waals surface area contributed by atoms with Gasteiger partial charge in [-0.15, -0.1) is 0 Å².